The lowest BCUT2D eigenvalue weighted by molar-refractivity contribution is -0.0249. The monoisotopic (exact) mass is 384 g/mol. The van der Waals surface area contributed by atoms with Crippen molar-refractivity contribution in [3.8, 4) is 11.4 Å². The molecule has 4 rings (SSSR count). The maximum atomic E-state index is 10.3. The first kappa shape index (κ1) is 18.1. The van der Waals surface area contributed by atoms with Crippen LogP contribution >= 0.6 is 11.6 Å². The molecule has 0 radical (unpaired) electrons. The van der Waals surface area contributed by atoms with Gasteiger partial charge >= 0.3 is 0 Å². The first-order valence-electron chi connectivity index (χ1n) is 9.10. The number of hydrogen-bond donors (Lipinski definition) is 1. The van der Waals surface area contributed by atoms with Gasteiger partial charge in [0.05, 0.1) is 25.4 Å². The fourth-order valence-corrected chi connectivity index (χ4v) is 3.51. The molecular formula is C20H21ClN4O2. The summed E-state index contributed by atoms with van der Waals surface area (Å²) in [6.07, 6.45) is 2.51. The third kappa shape index (κ3) is 4.35. The summed E-state index contributed by atoms with van der Waals surface area (Å²) in [7, 11) is 0. The van der Waals surface area contributed by atoms with Gasteiger partial charge in [-0.2, -0.15) is 4.80 Å². The maximum absolute atomic E-state index is 10.3. The summed E-state index contributed by atoms with van der Waals surface area (Å²) in [5.74, 6) is 0.501. The lowest BCUT2D eigenvalue weighted by Crippen LogP contribution is -2.25. The van der Waals surface area contributed by atoms with Crippen LogP contribution in [0.25, 0.3) is 11.4 Å². The quantitative estimate of drug-likeness (QED) is 0.704. The number of halogens is 1. The normalized spacial score (nSPS) is 17.5. The Bertz CT molecular complexity index is 897. The SMILES string of the molecule is O[C@H](CO[C@@H]1CCCc2ccccc21)Cn1nnc(-c2ccc(Cl)cc2)n1. The topological polar surface area (TPSA) is 73.1 Å². The highest BCUT2D eigenvalue weighted by Crippen LogP contribution is 2.32. The fraction of sp³-hybridized carbons (Fsp3) is 0.350. The Morgan fingerprint density at radius 2 is 2.00 bits per heavy atom. The fourth-order valence-electron chi connectivity index (χ4n) is 3.39. The number of nitrogens with zero attached hydrogens (tertiary/aromatic N) is 4. The Morgan fingerprint density at radius 3 is 2.85 bits per heavy atom. The van der Waals surface area contributed by atoms with Crippen LogP contribution in [0.5, 0.6) is 0 Å². The molecule has 1 aliphatic carbocycles. The molecule has 1 aliphatic rings. The van der Waals surface area contributed by atoms with Crippen molar-refractivity contribution in [2.24, 2.45) is 0 Å². The van der Waals surface area contributed by atoms with Crippen LogP contribution in [0.1, 0.15) is 30.1 Å². The number of fused-ring (bicyclic) bond motifs is 1. The Kier molecular flexibility index (Phi) is 5.48. The van der Waals surface area contributed by atoms with Crippen molar-refractivity contribution < 1.29 is 9.84 Å². The number of aryl methyl sites for hydroxylation is 1. The van der Waals surface area contributed by atoms with Crippen molar-refractivity contribution >= 4 is 11.6 Å². The molecule has 0 spiro atoms. The van der Waals surface area contributed by atoms with Crippen molar-refractivity contribution in [3.05, 3.63) is 64.7 Å². The minimum absolute atomic E-state index is 0.0398. The van der Waals surface area contributed by atoms with E-state index in [1.807, 2.05) is 18.2 Å². The van der Waals surface area contributed by atoms with Crippen LogP contribution in [0.15, 0.2) is 48.5 Å². The van der Waals surface area contributed by atoms with Crippen molar-refractivity contribution in [3.63, 3.8) is 0 Å². The number of rotatable bonds is 6. The minimum atomic E-state index is -0.702. The second-order valence-corrected chi connectivity index (χ2v) is 7.18. The molecule has 140 valence electrons. The van der Waals surface area contributed by atoms with Gasteiger partial charge in [0.25, 0.3) is 0 Å². The zero-order valence-electron chi connectivity index (χ0n) is 14.8. The summed E-state index contributed by atoms with van der Waals surface area (Å²) in [5, 5.41) is 23.3. The van der Waals surface area contributed by atoms with E-state index in [0.29, 0.717) is 10.8 Å². The van der Waals surface area contributed by atoms with Gasteiger partial charge in [-0.3, -0.25) is 0 Å². The Labute approximate surface area is 162 Å². The van der Waals surface area contributed by atoms with Gasteiger partial charge in [0.1, 0.15) is 0 Å². The average molecular weight is 385 g/mol. The van der Waals surface area contributed by atoms with E-state index in [1.54, 1.807) is 12.1 Å². The maximum Gasteiger partial charge on any atom is 0.204 e. The Hall–Kier alpha value is -2.28. The molecule has 1 aromatic heterocycles. The van der Waals surface area contributed by atoms with Crippen molar-refractivity contribution in [2.45, 2.75) is 38.0 Å². The van der Waals surface area contributed by atoms with E-state index in [0.717, 1.165) is 24.8 Å². The molecule has 27 heavy (non-hydrogen) atoms. The van der Waals surface area contributed by atoms with Crippen LogP contribution in [-0.2, 0) is 17.7 Å². The van der Waals surface area contributed by atoms with Crippen LogP contribution < -0.4 is 0 Å². The van der Waals surface area contributed by atoms with Crippen molar-refractivity contribution in [2.75, 3.05) is 6.61 Å². The smallest absolute Gasteiger partial charge is 0.204 e. The predicted molar refractivity (Wildman–Crippen MR) is 102 cm³/mol. The molecule has 2 atom stereocenters. The van der Waals surface area contributed by atoms with E-state index >= 15 is 0 Å². The molecule has 0 saturated heterocycles. The number of hydrogen-bond acceptors (Lipinski definition) is 5. The highest BCUT2D eigenvalue weighted by atomic mass is 35.5. The standard InChI is InChI=1S/C20H21ClN4O2/c21-16-10-8-15(9-11-16)20-22-24-25(23-20)12-17(26)13-27-19-7-3-5-14-4-1-2-6-18(14)19/h1-2,4,6,8-11,17,19,26H,3,5,7,12-13H2/t17-,19+/m0/s1. The number of aliphatic hydroxyl groups excluding tert-OH is 1. The Balaban J connectivity index is 1.34. The zero-order valence-corrected chi connectivity index (χ0v) is 15.6. The molecule has 1 heterocycles. The molecule has 0 aliphatic heterocycles. The lowest BCUT2D eigenvalue weighted by atomic mass is 9.89. The van der Waals surface area contributed by atoms with Crippen LogP contribution in [-0.4, -0.2) is 38.0 Å². The first-order chi connectivity index (χ1) is 13.2. The lowest BCUT2D eigenvalue weighted by Gasteiger charge is -2.26. The van der Waals surface area contributed by atoms with E-state index in [4.69, 9.17) is 16.3 Å². The first-order valence-corrected chi connectivity index (χ1v) is 9.48. The zero-order chi connectivity index (χ0) is 18.6. The van der Waals surface area contributed by atoms with Gasteiger partial charge in [-0.05, 0) is 59.9 Å². The number of benzene rings is 2. The summed E-state index contributed by atoms with van der Waals surface area (Å²) < 4.78 is 5.99. The largest absolute Gasteiger partial charge is 0.389 e. The molecule has 0 bridgehead atoms. The summed E-state index contributed by atoms with van der Waals surface area (Å²) in [6.45, 7) is 0.464. The van der Waals surface area contributed by atoms with E-state index in [1.165, 1.54) is 15.9 Å². The van der Waals surface area contributed by atoms with Crippen LogP contribution in [0, 0.1) is 0 Å². The van der Waals surface area contributed by atoms with Crippen LogP contribution in [0.2, 0.25) is 5.02 Å². The van der Waals surface area contributed by atoms with Gasteiger partial charge in [0.15, 0.2) is 0 Å². The summed E-state index contributed by atoms with van der Waals surface area (Å²) in [5.41, 5.74) is 3.41. The van der Waals surface area contributed by atoms with Gasteiger partial charge in [-0.15, -0.1) is 10.2 Å². The third-order valence-electron chi connectivity index (χ3n) is 4.73. The van der Waals surface area contributed by atoms with Gasteiger partial charge in [-0.1, -0.05) is 35.9 Å². The number of aliphatic hydroxyl groups is 1. The van der Waals surface area contributed by atoms with Crippen molar-refractivity contribution in [1.29, 1.82) is 0 Å². The van der Waals surface area contributed by atoms with E-state index in [2.05, 4.69) is 33.6 Å². The van der Waals surface area contributed by atoms with E-state index < -0.39 is 6.10 Å². The second kappa shape index (κ2) is 8.17. The highest BCUT2D eigenvalue weighted by molar-refractivity contribution is 6.30. The molecular weight excluding hydrogens is 364 g/mol. The van der Waals surface area contributed by atoms with E-state index in [9.17, 15) is 5.11 Å². The highest BCUT2D eigenvalue weighted by Gasteiger charge is 2.21. The van der Waals surface area contributed by atoms with Gasteiger partial charge < -0.3 is 9.84 Å². The molecule has 6 nitrogen and oxygen atoms in total. The summed E-state index contributed by atoms with van der Waals surface area (Å²) in [4.78, 5) is 1.40. The third-order valence-corrected chi connectivity index (χ3v) is 4.99. The number of tetrazole rings is 1. The summed E-state index contributed by atoms with van der Waals surface area (Å²) >= 11 is 5.89. The Morgan fingerprint density at radius 1 is 1.19 bits per heavy atom. The molecule has 3 aromatic rings. The summed E-state index contributed by atoms with van der Waals surface area (Å²) in [6, 6.07) is 15.6. The number of ether oxygens (including phenoxy) is 1. The molecule has 2 aromatic carbocycles. The molecule has 0 unspecified atom stereocenters. The molecule has 0 saturated carbocycles. The molecule has 0 amide bonds. The van der Waals surface area contributed by atoms with E-state index in [-0.39, 0.29) is 19.3 Å². The number of aromatic nitrogens is 4. The minimum Gasteiger partial charge on any atom is -0.389 e. The van der Waals surface area contributed by atoms with Crippen LogP contribution in [0.3, 0.4) is 0 Å². The predicted octanol–water partition coefficient (Wildman–Crippen LogP) is 3.45. The van der Waals surface area contributed by atoms with Crippen LogP contribution in [0.4, 0.5) is 0 Å². The van der Waals surface area contributed by atoms with Gasteiger partial charge in [-0.25, -0.2) is 0 Å². The average Bonchev–Trinajstić information content (AvgIpc) is 3.15. The molecule has 1 N–H and O–H groups in total. The molecule has 0 fully saturated rings. The molecule has 7 heteroatoms. The van der Waals surface area contributed by atoms with Gasteiger partial charge in [0, 0.05) is 10.6 Å². The van der Waals surface area contributed by atoms with Crippen molar-refractivity contribution in [1.82, 2.24) is 20.2 Å². The second-order valence-electron chi connectivity index (χ2n) is 6.74. The van der Waals surface area contributed by atoms with Gasteiger partial charge in [0.2, 0.25) is 5.82 Å².